The molecule has 2 saturated carbocycles. The van der Waals surface area contributed by atoms with Gasteiger partial charge in [-0.1, -0.05) is 181 Å². The third-order valence-corrected chi connectivity index (χ3v) is 15.6. The van der Waals surface area contributed by atoms with Gasteiger partial charge in [-0.15, -0.1) is 0 Å². The molecule has 2 aliphatic carbocycles. The van der Waals surface area contributed by atoms with Gasteiger partial charge < -0.3 is 9.80 Å². The number of allylic oxidation sites excluding steroid dienone is 2. The van der Waals surface area contributed by atoms with Crippen molar-refractivity contribution in [2.75, 3.05) is 9.80 Å². The van der Waals surface area contributed by atoms with Gasteiger partial charge in [0, 0.05) is 55.1 Å². The lowest BCUT2D eigenvalue weighted by Gasteiger charge is -2.31. The fourth-order valence-electron chi connectivity index (χ4n) is 12.3. The van der Waals surface area contributed by atoms with Gasteiger partial charge in [0.2, 0.25) is 0 Å². The highest BCUT2D eigenvalue weighted by atomic mass is 15.2. The smallest absolute Gasteiger partial charge is 0.0619 e. The fourth-order valence-corrected chi connectivity index (χ4v) is 12.3. The molecule has 2 nitrogen and oxygen atoms in total. The number of hydrogen-bond acceptors (Lipinski definition) is 2. The molecular weight excluding hydrogens is 845 g/mol. The molecule has 0 radical (unpaired) electrons. The molecule has 0 saturated heterocycles. The van der Waals surface area contributed by atoms with Gasteiger partial charge in [-0.3, -0.25) is 0 Å². The average molecular weight is 903 g/mol. The Kier molecular flexibility index (Phi) is 10.7. The van der Waals surface area contributed by atoms with Crippen LogP contribution in [0.5, 0.6) is 0 Å². The second kappa shape index (κ2) is 17.7. The SMILES string of the molecule is Cc1ccc(N(c2ccc(C=C3CCCCC3)cc2)c2c3ccccc3c3c4cccc5c(N(c6ccc(C)cc6)c6ccc(C=C7CCCCC7)cc6)c6ccccc6c(c6cccc2c63)c54)cc1. The number of anilines is 6. The molecule has 2 fully saturated rings. The molecule has 0 aliphatic heterocycles. The minimum absolute atomic E-state index is 1.15. The maximum absolute atomic E-state index is 2.52. The molecule has 2 heteroatoms. The number of nitrogens with zero attached hydrogens (tertiary/aromatic N) is 2. The van der Waals surface area contributed by atoms with Crippen molar-refractivity contribution in [1.82, 2.24) is 0 Å². The number of benzene rings is 11. The van der Waals surface area contributed by atoms with Gasteiger partial charge in [-0.05, 0) is 157 Å². The van der Waals surface area contributed by atoms with Crippen LogP contribution < -0.4 is 9.80 Å². The van der Waals surface area contributed by atoms with Gasteiger partial charge in [-0.25, -0.2) is 0 Å². The topological polar surface area (TPSA) is 6.48 Å². The summed E-state index contributed by atoms with van der Waals surface area (Å²) in [5.74, 6) is 0. The van der Waals surface area contributed by atoms with Crippen LogP contribution >= 0.6 is 0 Å². The van der Waals surface area contributed by atoms with E-state index in [0.717, 1.165) is 22.7 Å². The molecule has 340 valence electrons. The van der Waals surface area contributed by atoms with Gasteiger partial charge >= 0.3 is 0 Å². The highest BCUT2D eigenvalue weighted by Crippen LogP contribution is 2.54. The maximum Gasteiger partial charge on any atom is 0.0619 e. The molecule has 0 amide bonds. The van der Waals surface area contributed by atoms with E-state index < -0.39 is 0 Å². The summed E-state index contributed by atoms with van der Waals surface area (Å²) in [4.78, 5) is 5.05. The molecule has 0 spiro atoms. The van der Waals surface area contributed by atoms with Crippen LogP contribution in [0.15, 0.2) is 193 Å². The number of rotatable bonds is 8. The molecule has 70 heavy (non-hydrogen) atoms. The Morgan fingerprint density at radius 1 is 0.286 bits per heavy atom. The molecule has 11 aromatic rings. The molecule has 2 aliphatic rings. The van der Waals surface area contributed by atoms with Crippen molar-refractivity contribution < 1.29 is 0 Å². The van der Waals surface area contributed by atoms with Gasteiger partial charge in [0.05, 0.1) is 11.4 Å². The maximum atomic E-state index is 2.52. The minimum Gasteiger partial charge on any atom is -0.309 e. The summed E-state index contributed by atoms with van der Waals surface area (Å²) < 4.78 is 0. The average Bonchev–Trinajstić information content (AvgIpc) is 3.41. The van der Waals surface area contributed by atoms with Crippen molar-refractivity contribution in [2.45, 2.75) is 78.1 Å². The second-order valence-corrected chi connectivity index (χ2v) is 20.2. The van der Waals surface area contributed by atoms with Crippen LogP contribution in [0.2, 0.25) is 0 Å². The fraction of sp³-hybridized carbons (Fsp3) is 0.176. The highest BCUT2D eigenvalue weighted by Gasteiger charge is 2.27. The Bertz CT molecular complexity index is 3550. The van der Waals surface area contributed by atoms with Crippen LogP contribution in [0.25, 0.3) is 76.8 Å². The molecular formula is C68H58N2. The van der Waals surface area contributed by atoms with Crippen LogP contribution in [0.1, 0.15) is 86.5 Å². The minimum atomic E-state index is 1.15. The Morgan fingerprint density at radius 2 is 0.586 bits per heavy atom. The van der Waals surface area contributed by atoms with E-state index in [-0.39, 0.29) is 0 Å². The summed E-state index contributed by atoms with van der Waals surface area (Å²) in [7, 11) is 0. The zero-order chi connectivity index (χ0) is 46.7. The molecule has 0 aromatic heterocycles. The zero-order valence-electron chi connectivity index (χ0n) is 40.4. The zero-order valence-corrected chi connectivity index (χ0v) is 40.4. The van der Waals surface area contributed by atoms with Crippen molar-refractivity contribution in [2.24, 2.45) is 0 Å². The first-order chi connectivity index (χ1) is 34.6. The second-order valence-electron chi connectivity index (χ2n) is 20.2. The lowest BCUT2D eigenvalue weighted by Crippen LogP contribution is -2.12. The van der Waals surface area contributed by atoms with Gasteiger partial charge in [0.25, 0.3) is 0 Å². The number of aryl methyl sites for hydroxylation is 2. The van der Waals surface area contributed by atoms with E-state index in [2.05, 4.69) is 218 Å². The molecule has 13 rings (SSSR count). The third-order valence-electron chi connectivity index (χ3n) is 15.6. The van der Waals surface area contributed by atoms with Crippen LogP contribution in [-0.2, 0) is 0 Å². The normalized spacial score (nSPS) is 14.4. The predicted molar refractivity (Wildman–Crippen MR) is 304 cm³/mol. The standard InChI is InChI=1S/C68H58N2/c1-45-27-35-51(36-28-45)69(53-39-31-49(32-40-53)43-47-15-5-3-6-16-47)67-57-21-11-9-19-55(57)63-60-24-14-26-62-66(60)64(59-23-13-25-61(67)65(59)63)56-20-10-12-22-58(56)68(62)70(52-37-29-46(2)30-38-52)54-41-33-50(34-42-54)44-48-17-7-4-8-18-48/h9-14,19-44H,3-8,15-18H2,1-2H3. The summed E-state index contributed by atoms with van der Waals surface area (Å²) >= 11 is 0. The van der Waals surface area contributed by atoms with E-state index in [9.17, 15) is 0 Å². The lowest BCUT2D eigenvalue weighted by atomic mass is 9.83. The molecule has 0 bridgehead atoms. The Balaban J connectivity index is 1.09. The molecule has 0 atom stereocenters. The van der Waals surface area contributed by atoms with E-state index in [1.165, 1.54) is 162 Å². The highest BCUT2D eigenvalue weighted by molar-refractivity contribution is 6.45. The molecule has 0 unspecified atom stereocenters. The number of hydrogen-bond donors (Lipinski definition) is 0. The lowest BCUT2D eigenvalue weighted by molar-refractivity contribution is 0.602. The summed E-state index contributed by atoms with van der Waals surface area (Å²) in [5, 5.41) is 15.3. The van der Waals surface area contributed by atoms with Gasteiger partial charge in [-0.2, -0.15) is 0 Å². The molecule has 0 heterocycles. The van der Waals surface area contributed by atoms with Crippen LogP contribution in [-0.4, -0.2) is 0 Å². The first kappa shape index (κ1) is 42.4. The Morgan fingerprint density at radius 3 is 0.957 bits per heavy atom. The Labute approximate surface area is 412 Å². The quantitative estimate of drug-likeness (QED) is 0.111. The first-order valence-corrected chi connectivity index (χ1v) is 25.8. The van der Waals surface area contributed by atoms with E-state index in [4.69, 9.17) is 0 Å². The largest absolute Gasteiger partial charge is 0.309 e. The summed E-state index contributed by atoms with van der Waals surface area (Å²) in [5.41, 5.74) is 15.3. The van der Waals surface area contributed by atoms with E-state index in [1.54, 1.807) is 11.1 Å². The van der Waals surface area contributed by atoms with Crippen molar-refractivity contribution in [3.05, 3.63) is 215 Å². The number of fused-ring (bicyclic) bond motifs is 6. The van der Waals surface area contributed by atoms with Crippen molar-refractivity contribution in [1.29, 1.82) is 0 Å². The van der Waals surface area contributed by atoms with Gasteiger partial charge in [0.15, 0.2) is 0 Å². The summed E-state index contributed by atoms with van der Waals surface area (Å²) in [6, 6.07) is 69.3. The van der Waals surface area contributed by atoms with Crippen molar-refractivity contribution in [3.63, 3.8) is 0 Å². The van der Waals surface area contributed by atoms with E-state index in [0.29, 0.717) is 0 Å². The van der Waals surface area contributed by atoms with Crippen LogP contribution in [0.3, 0.4) is 0 Å². The van der Waals surface area contributed by atoms with Crippen LogP contribution in [0, 0.1) is 13.8 Å². The van der Waals surface area contributed by atoms with Crippen molar-refractivity contribution >= 4 is 111 Å². The predicted octanol–water partition coefficient (Wildman–Crippen LogP) is 20.3. The van der Waals surface area contributed by atoms with Crippen molar-refractivity contribution in [3.8, 4) is 0 Å². The van der Waals surface area contributed by atoms with E-state index in [1.807, 2.05) is 0 Å². The van der Waals surface area contributed by atoms with Crippen LogP contribution in [0.4, 0.5) is 34.1 Å². The summed E-state index contributed by atoms with van der Waals surface area (Å²) in [6.45, 7) is 4.36. The Hall–Kier alpha value is -7.68. The van der Waals surface area contributed by atoms with Gasteiger partial charge in [0.1, 0.15) is 0 Å². The third kappa shape index (κ3) is 7.32. The molecule has 0 N–H and O–H groups in total. The monoisotopic (exact) mass is 902 g/mol. The van der Waals surface area contributed by atoms with E-state index >= 15 is 0 Å². The summed E-state index contributed by atoms with van der Waals surface area (Å²) in [6.07, 6.45) is 17.7. The molecule has 11 aromatic carbocycles. The first-order valence-electron chi connectivity index (χ1n) is 25.8.